The van der Waals surface area contributed by atoms with Crippen LogP contribution in [0.2, 0.25) is 0 Å². The molecule has 3 heteroatoms. The van der Waals surface area contributed by atoms with Crippen molar-refractivity contribution < 1.29 is 5.11 Å². The number of halogens is 1. The molecule has 1 aliphatic rings. The number of aliphatic hydroxyl groups excluding tert-OH is 1. The Hall–Kier alpha value is -0.380. The molecule has 0 bridgehead atoms. The molecule has 1 atom stereocenters. The molecule has 2 N–H and O–H groups in total. The molecule has 94 valence electrons. The Labute approximate surface area is 112 Å². The maximum Gasteiger partial charge on any atom is 0.0468 e. The summed E-state index contributed by atoms with van der Waals surface area (Å²) in [6, 6.07) is 9.24. The molecular weight excluding hydrogens is 278 g/mol. The van der Waals surface area contributed by atoms with Crippen LogP contribution in [-0.2, 0) is 0 Å². The van der Waals surface area contributed by atoms with E-state index in [-0.39, 0.29) is 6.61 Å². The van der Waals surface area contributed by atoms with Gasteiger partial charge in [0.25, 0.3) is 0 Å². The van der Waals surface area contributed by atoms with E-state index in [2.05, 4.69) is 52.4 Å². The van der Waals surface area contributed by atoms with Crippen molar-refractivity contribution in [2.45, 2.75) is 31.7 Å². The van der Waals surface area contributed by atoms with Crippen LogP contribution in [-0.4, -0.2) is 24.3 Å². The van der Waals surface area contributed by atoms with Crippen LogP contribution in [0.1, 0.15) is 31.2 Å². The van der Waals surface area contributed by atoms with Crippen molar-refractivity contribution in [1.82, 2.24) is 5.32 Å². The molecule has 0 spiro atoms. The zero-order chi connectivity index (χ0) is 12.3. The first-order valence-electron chi connectivity index (χ1n) is 6.28. The van der Waals surface area contributed by atoms with Crippen LogP contribution in [0.5, 0.6) is 0 Å². The van der Waals surface area contributed by atoms with Crippen LogP contribution in [0.15, 0.2) is 28.7 Å². The van der Waals surface area contributed by atoms with Crippen molar-refractivity contribution in [3.63, 3.8) is 0 Å². The summed E-state index contributed by atoms with van der Waals surface area (Å²) in [6.45, 7) is 3.26. The molecule has 2 rings (SSSR count). The van der Waals surface area contributed by atoms with E-state index in [1.807, 2.05) is 0 Å². The lowest BCUT2D eigenvalue weighted by Gasteiger charge is -2.37. The highest BCUT2D eigenvalue weighted by molar-refractivity contribution is 9.10. The van der Waals surface area contributed by atoms with Gasteiger partial charge in [0.2, 0.25) is 0 Å². The molecule has 1 aromatic carbocycles. The van der Waals surface area contributed by atoms with Crippen molar-refractivity contribution in [3.8, 4) is 0 Å². The Kier molecular flexibility index (Phi) is 4.60. The summed E-state index contributed by atoms with van der Waals surface area (Å²) in [5.41, 5.74) is 1.44. The van der Waals surface area contributed by atoms with Crippen molar-refractivity contribution in [3.05, 3.63) is 34.3 Å². The summed E-state index contributed by atoms with van der Waals surface area (Å²) in [5, 5.41) is 12.5. The van der Waals surface area contributed by atoms with E-state index in [0.717, 1.165) is 6.54 Å². The summed E-state index contributed by atoms with van der Waals surface area (Å²) in [7, 11) is 0. The molecule has 0 aliphatic heterocycles. The van der Waals surface area contributed by atoms with Crippen LogP contribution < -0.4 is 5.32 Å². The number of hydrogen-bond donors (Lipinski definition) is 2. The zero-order valence-electron chi connectivity index (χ0n) is 10.2. The zero-order valence-corrected chi connectivity index (χ0v) is 11.8. The van der Waals surface area contributed by atoms with Crippen LogP contribution in [0.25, 0.3) is 0 Å². The second-order valence-corrected chi connectivity index (χ2v) is 6.03. The van der Waals surface area contributed by atoms with Crippen LogP contribution in [0.3, 0.4) is 0 Å². The van der Waals surface area contributed by atoms with Gasteiger partial charge in [0.1, 0.15) is 0 Å². The molecule has 0 radical (unpaired) electrons. The largest absolute Gasteiger partial charge is 0.396 e. The van der Waals surface area contributed by atoms with E-state index < -0.39 is 0 Å². The Bertz CT molecular complexity index is 363. The lowest BCUT2D eigenvalue weighted by atomic mass is 9.76. The third-order valence-electron chi connectivity index (χ3n) is 3.52. The van der Waals surface area contributed by atoms with Crippen molar-refractivity contribution in [1.29, 1.82) is 0 Å². The Morgan fingerprint density at radius 3 is 2.88 bits per heavy atom. The molecule has 2 nitrogen and oxygen atoms in total. The first-order chi connectivity index (χ1) is 8.19. The number of benzene rings is 1. The summed E-state index contributed by atoms with van der Waals surface area (Å²) < 4.78 is 1.17. The van der Waals surface area contributed by atoms with Crippen molar-refractivity contribution in [2.24, 2.45) is 5.92 Å². The topological polar surface area (TPSA) is 32.3 Å². The van der Waals surface area contributed by atoms with E-state index in [9.17, 15) is 0 Å². The molecule has 1 unspecified atom stereocenters. The minimum absolute atomic E-state index is 0.273. The van der Waals surface area contributed by atoms with E-state index in [4.69, 9.17) is 5.11 Å². The Morgan fingerprint density at radius 2 is 2.24 bits per heavy atom. The minimum atomic E-state index is 0.273. The average molecular weight is 298 g/mol. The van der Waals surface area contributed by atoms with E-state index >= 15 is 0 Å². The van der Waals surface area contributed by atoms with Crippen LogP contribution in [0.4, 0.5) is 0 Å². The number of nitrogens with one attached hydrogen (secondary N) is 1. The first-order valence-corrected chi connectivity index (χ1v) is 7.08. The van der Waals surface area contributed by atoms with Crippen LogP contribution >= 0.6 is 15.9 Å². The smallest absolute Gasteiger partial charge is 0.0468 e. The summed E-state index contributed by atoms with van der Waals surface area (Å²) in [5.74, 6) is 1.06. The molecule has 1 aliphatic carbocycles. The SMILES string of the molecule is CC(CO)CNC1CC(c2cccc(Br)c2)C1. The van der Waals surface area contributed by atoms with Gasteiger partial charge in [-0.3, -0.25) is 0 Å². The van der Waals surface area contributed by atoms with Gasteiger partial charge in [0.05, 0.1) is 0 Å². The van der Waals surface area contributed by atoms with Gasteiger partial charge in [-0.1, -0.05) is 35.0 Å². The fraction of sp³-hybridized carbons (Fsp3) is 0.571. The highest BCUT2D eigenvalue weighted by Crippen LogP contribution is 2.37. The lowest BCUT2D eigenvalue weighted by Crippen LogP contribution is -2.42. The molecule has 0 heterocycles. The molecule has 0 amide bonds. The molecule has 1 aromatic rings. The molecule has 1 fully saturated rings. The van der Waals surface area contributed by atoms with Crippen LogP contribution in [0, 0.1) is 5.92 Å². The number of rotatable bonds is 5. The van der Waals surface area contributed by atoms with Crippen molar-refractivity contribution >= 4 is 15.9 Å². The second kappa shape index (κ2) is 5.98. The average Bonchev–Trinajstić information content (AvgIpc) is 2.26. The molecule has 0 saturated heterocycles. The number of aliphatic hydroxyl groups is 1. The fourth-order valence-electron chi connectivity index (χ4n) is 2.25. The monoisotopic (exact) mass is 297 g/mol. The third-order valence-corrected chi connectivity index (χ3v) is 4.02. The fourth-order valence-corrected chi connectivity index (χ4v) is 2.67. The quantitative estimate of drug-likeness (QED) is 0.876. The first kappa shape index (κ1) is 13.1. The predicted octanol–water partition coefficient (Wildman–Crippen LogP) is 2.91. The third kappa shape index (κ3) is 3.54. The number of hydrogen-bond acceptors (Lipinski definition) is 2. The van der Waals surface area contributed by atoms with Crippen molar-refractivity contribution in [2.75, 3.05) is 13.2 Å². The van der Waals surface area contributed by atoms with Gasteiger partial charge in [-0.15, -0.1) is 0 Å². The van der Waals surface area contributed by atoms with Gasteiger partial charge >= 0.3 is 0 Å². The summed E-state index contributed by atoms with van der Waals surface area (Å²) in [4.78, 5) is 0. The predicted molar refractivity (Wildman–Crippen MR) is 74.2 cm³/mol. The van der Waals surface area contributed by atoms with Gasteiger partial charge < -0.3 is 10.4 Å². The standard InChI is InChI=1S/C14H20BrNO/c1-10(9-17)8-16-14-6-12(7-14)11-3-2-4-13(15)5-11/h2-5,10,12,14,16-17H,6-9H2,1H3. The van der Waals surface area contributed by atoms with E-state index in [1.54, 1.807) is 0 Å². The van der Waals surface area contributed by atoms with Gasteiger partial charge in [0.15, 0.2) is 0 Å². The van der Waals surface area contributed by atoms with Gasteiger partial charge in [0, 0.05) is 23.7 Å². The molecular formula is C14H20BrNO. The van der Waals surface area contributed by atoms with E-state index in [1.165, 1.54) is 22.9 Å². The molecule has 17 heavy (non-hydrogen) atoms. The Balaban J connectivity index is 1.75. The lowest BCUT2D eigenvalue weighted by molar-refractivity contribution is 0.213. The van der Waals surface area contributed by atoms with E-state index in [0.29, 0.717) is 17.9 Å². The molecule has 0 aromatic heterocycles. The maximum atomic E-state index is 8.95. The van der Waals surface area contributed by atoms with Gasteiger partial charge in [-0.2, -0.15) is 0 Å². The highest BCUT2D eigenvalue weighted by atomic mass is 79.9. The second-order valence-electron chi connectivity index (χ2n) is 5.12. The van der Waals surface area contributed by atoms with Gasteiger partial charge in [-0.25, -0.2) is 0 Å². The Morgan fingerprint density at radius 1 is 1.47 bits per heavy atom. The molecule has 1 saturated carbocycles. The summed E-state index contributed by atoms with van der Waals surface area (Å²) in [6.07, 6.45) is 2.43. The maximum absolute atomic E-state index is 8.95. The normalized spacial score (nSPS) is 25.4. The summed E-state index contributed by atoms with van der Waals surface area (Å²) >= 11 is 3.51. The minimum Gasteiger partial charge on any atom is -0.396 e. The van der Waals surface area contributed by atoms with Gasteiger partial charge in [-0.05, 0) is 42.4 Å². The highest BCUT2D eigenvalue weighted by Gasteiger charge is 2.29.